The van der Waals surface area contributed by atoms with E-state index in [4.69, 9.17) is 0 Å². The molecule has 0 bridgehead atoms. The molecule has 0 N–H and O–H groups in total. The first-order valence-electron chi connectivity index (χ1n) is 3.82. The first-order chi connectivity index (χ1) is 6.15. The third-order valence-electron chi connectivity index (χ3n) is 1.90. The lowest BCUT2D eigenvalue weighted by atomic mass is 10.0. The Bertz CT molecular complexity index is 325. The van der Waals surface area contributed by atoms with Crippen LogP contribution in [0.5, 0.6) is 0 Å². The third kappa shape index (κ3) is 3.22. The number of hydrogen-bond acceptors (Lipinski definition) is 0. The fraction of sp³-hybridized carbons (Fsp3) is 0.200. The average molecular weight is 369 g/mol. The summed E-state index contributed by atoms with van der Waals surface area (Å²) in [5.41, 5.74) is 3.88. The fourth-order valence-electron chi connectivity index (χ4n) is 1.12. The Morgan fingerprint density at radius 2 is 2.08 bits per heavy atom. The van der Waals surface area contributed by atoms with Crippen LogP contribution in [-0.2, 0) is 5.33 Å². The van der Waals surface area contributed by atoms with E-state index in [-0.39, 0.29) is 0 Å². The molecule has 0 nitrogen and oxygen atoms in total. The van der Waals surface area contributed by atoms with Crippen molar-refractivity contribution in [2.75, 3.05) is 0 Å². The van der Waals surface area contributed by atoms with Gasteiger partial charge < -0.3 is 0 Å². The summed E-state index contributed by atoms with van der Waals surface area (Å²) in [6.45, 7) is 2.13. The second-order valence-corrected chi connectivity index (χ2v) is 6.03. The smallest absolute Gasteiger partial charge is 0.0610 e. The zero-order valence-corrected chi connectivity index (χ0v) is 11.9. The van der Waals surface area contributed by atoms with Crippen molar-refractivity contribution >= 4 is 53.9 Å². The van der Waals surface area contributed by atoms with Gasteiger partial charge in [-0.15, -0.1) is 0 Å². The lowest BCUT2D eigenvalue weighted by molar-refractivity contribution is 1.31. The van der Waals surface area contributed by atoms with Gasteiger partial charge in [0.1, 0.15) is 0 Å². The van der Waals surface area contributed by atoms with Crippen molar-refractivity contribution in [1.29, 1.82) is 0 Å². The van der Waals surface area contributed by atoms with Gasteiger partial charge in [0.2, 0.25) is 0 Å². The molecule has 0 aromatic heterocycles. The van der Waals surface area contributed by atoms with Crippen LogP contribution in [0.4, 0.5) is 0 Å². The topological polar surface area (TPSA) is 0 Å². The van der Waals surface area contributed by atoms with E-state index in [1.54, 1.807) is 0 Å². The number of halogens is 3. The first-order valence-corrected chi connectivity index (χ1v) is 6.53. The van der Waals surface area contributed by atoms with E-state index >= 15 is 0 Å². The molecule has 0 saturated heterocycles. The van der Waals surface area contributed by atoms with E-state index in [2.05, 4.69) is 79.0 Å². The van der Waals surface area contributed by atoms with Crippen molar-refractivity contribution in [1.82, 2.24) is 0 Å². The standard InChI is InChI=1S/C10H9Br3/c1-7-8(5-10(12)13)3-2-4-9(7)6-11/h2-5H,6H2,1H3. The van der Waals surface area contributed by atoms with Crippen LogP contribution in [0.1, 0.15) is 16.7 Å². The summed E-state index contributed by atoms with van der Waals surface area (Å²) in [5.74, 6) is 0. The van der Waals surface area contributed by atoms with Crippen LogP contribution in [0, 0.1) is 6.92 Å². The molecule has 0 atom stereocenters. The predicted octanol–water partition coefficient (Wildman–Crippen LogP) is 4.98. The monoisotopic (exact) mass is 366 g/mol. The van der Waals surface area contributed by atoms with Gasteiger partial charge in [0.05, 0.1) is 3.39 Å². The van der Waals surface area contributed by atoms with E-state index in [0.29, 0.717) is 0 Å². The Morgan fingerprint density at radius 1 is 1.38 bits per heavy atom. The van der Waals surface area contributed by atoms with Crippen molar-refractivity contribution in [3.8, 4) is 0 Å². The maximum atomic E-state index is 3.46. The highest BCUT2D eigenvalue weighted by atomic mass is 79.9. The lowest BCUT2D eigenvalue weighted by Crippen LogP contribution is -1.87. The van der Waals surface area contributed by atoms with Crippen LogP contribution in [-0.4, -0.2) is 0 Å². The molecule has 0 unspecified atom stereocenters. The molecule has 0 fully saturated rings. The molecule has 0 radical (unpaired) electrons. The number of benzene rings is 1. The molecule has 13 heavy (non-hydrogen) atoms. The average Bonchev–Trinajstić information content (AvgIpc) is 2.08. The molecule has 0 saturated carbocycles. The largest absolute Gasteiger partial charge is 0.0876 e. The highest BCUT2D eigenvalue weighted by molar-refractivity contribution is 9.28. The summed E-state index contributed by atoms with van der Waals surface area (Å²) in [5, 5.41) is 0.903. The van der Waals surface area contributed by atoms with Crippen molar-refractivity contribution in [3.05, 3.63) is 38.3 Å². The van der Waals surface area contributed by atoms with Crippen LogP contribution in [0.2, 0.25) is 0 Å². The minimum absolute atomic E-state index is 0.903. The van der Waals surface area contributed by atoms with Gasteiger partial charge in [-0.05, 0) is 61.5 Å². The van der Waals surface area contributed by atoms with E-state index in [0.717, 1.165) is 8.72 Å². The zero-order valence-electron chi connectivity index (χ0n) is 7.15. The van der Waals surface area contributed by atoms with Crippen LogP contribution in [0.3, 0.4) is 0 Å². The number of rotatable bonds is 2. The Balaban J connectivity index is 3.16. The highest BCUT2D eigenvalue weighted by Crippen LogP contribution is 2.23. The Labute approximate surface area is 104 Å². The van der Waals surface area contributed by atoms with Gasteiger partial charge in [0.25, 0.3) is 0 Å². The summed E-state index contributed by atoms with van der Waals surface area (Å²) in [7, 11) is 0. The van der Waals surface area contributed by atoms with Gasteiger partial charge in [0.15, 0.2) is 0 Å². The van der Waals surface area contributed by atoms with E-state index in [9.17, 15) is 0 Å². The van der Waals surface area contributed by atoms with Gasteiger partial charge in [-0.25, -0.2) is 0 Å². The van der Waals surface area contributed by atoms with E-state index in [1.165, 1.54) is 16.7 Å². The van der Waals surface area contributed by atoms with Gasteiger partial charge in [0, 0.05) is 5.33 Å². The summed E-state index contributed by atoms with van der Waals surface area (Å²) in [4.78, 5) is 0. The van der Waals surface area contributed by atoms with Crippen LogP contribution in [0.25, 0.3) is 6.08 Å². The number of hydrogen-bond donors (Lipinski definition) is 0. The van der Waals surface area contributed by atoms with Gasteiger partial charge in [-0.3, -0.25) is 0 Å². The minimum atomic E-state index is 0.903. The fourth-order valence-corrected chi connectivity index (χ4v) is 2.22. The van der Waals surface area contributed by atoms with Crippen LogP contribution in [0.15, 0.2) is 21.6 Å². The summed E-state index contributed by atoms with van der Waals surface area (Å²) in [6.07, 6.45) is 2.06. The Hall–Kier alpha value is 0.400. The van der Waals surface area contributed by atoms with Crippen molar-refractivity contribution in [2.45, 2.75) is 12.3 Å². The molecule has 1 aromatic carbocycles. The number of alkyl halides is 1. The van der Waals surface area contributed by atoms with Crippen LogP contribution < -0.4 is 0 Å². The maximum absolute atomic E-state index is 3.46. The van der Waals surface area contributed by atoms with E-state index < -0.39 is 0 Å². The molecule has 0 aliphatic heterocycles. The Kier molecular flexibility index (Phi) is 4.70. The zero-order chi connectivity index (χ0) is 9.84. The van der Waals surface area contributed by atoms with Gasteiger partial charge in [-0.1, -0.05) is 34.1 Å². The van der Waals surface area contributed by atoms with Crippen molar-refractivity contribution in [2.24, 2.45) is 0 Å². The lowest BCUT2D eigenvalue weighted by Gasteiger charge is -2.05. The molecule has 0 aliphatic carbocycles. The quantitative estimate of drug-likeness (QED) is 0.646. The summed E-state index contributed by atoms with van der Waals surface area (Å²) < 4.78 is 0.967. The van der Waals surface area contributed by atoms with Crippen molar-refractivity contribution in [3.63, 3.8) is 0 Å². The molecule has 0 amide bonds. The Morgan fingerprint density at radius 3 is 2.62 bits per heavy atom. The highest BCUT2D eigenvalue weighted by Gasteiger charge is 2.00. The van der Waals surface area contributed by atoms with E-state index in [1.807, 2.05) is 0 Å². The molecule has 1 aromatic rings. The summed E-state index contributed by atoms with van der Waals surface area (Å²) in [6, 6.07) is 6.30. The minimum Gasteiger partial charge on any atom is -0.0876 e. The molecule has 3 heteroatoms. The first kappa shape index (κ1) is 11.5. The predicted molar refractivity (Wildman–Crippen MR) is 69.6 cm³/mol. The molecule has 70 valence electrons. The summed E-state index contributed by atoms with van der Waals surface area (Å²) >= 11 is 10.2. The molecular formula is C10H9Br3. The second kappa shape index (κ2) is 5.32. The molecule has 0 aliphatic rings. The third-order valence-corrected chi connectivity index (χ3v) is 2.96. The molecular weight excluding hydrogens is 360 g/mol. The van der Waals surface area contributed by atoms with Gasteiger partial charge >= 0.3 is 0 Å². The molecule has 0 spiro atoms. The van der Waals surface area contributed by atoms with Crippen molar-refractivity contribution < 1.29 is 0 Å². The normalized spacial score (nSPS) is 9.85. The maximum Gasteiger partial charge on any atom is 0.0610 e. The SMILES string of the molecule is Cc1c(C=C(Br)Br)cccc1CBr. The van der Waals surface area contributed by atoms with Gasteiger partial charge in [-0.2, -0.15) is 0 Å². The van der Waals surface area contributed by atoms with Crippen LogP contribution >= 0.6 is 47.8 Å². The second-order valence-electron chi connectivity index (χ2n) is 2.70. The molecule has 0 heterocycles. The molecule has 1 rings (SSSR count).